The molecule has 5 rings (SSSR count). The standard InChI is InChI=1S/C27H32ClN3O3S/c1-30-24-18-22(14-15-23(24)25(28)26(30)19-8-4-2-5-9-19)35(33,34)29-21-12-10-20(11-13-21)27(32)31-16-6-3-7-17-31/h2,4-5,8-9,14-15,18,20-21,29H,3,6-7,10-13,16-17H2,1H3. The highest BCUT2D eigenvalue weighted by molar-refractivity contribution is 7.89. The van der Waals surface area contributed by atoms with Crippen LogP contribution in [-0.2, 0) is 21.9 Å². The van der Waals surface area contributed by atoms with E-state index < -0.39 is 10.0 Å². The number of aromatic nitrogens is 1. The zero-order valence-corrected chi connectivity index (χ0v) is 21.6. The molecule has 0 radical (unpaired) electrons. The normalized spacial score (nSPS) is 21.4. The molecule has 2 fully saturated rings. The average Bonchev–Trinajstić information content (AvgIpc) is 3.14. The third-order valence-electron chi connectivity index (χ3n) is 7.53. The Balaban J connectivity index is 1.30. The number of nitrogens with zero attached hydrogens (tertiary/aromatic N) is 2. The van der Waals surface area contributed by atoms with Crippen molar-refractivity contribution in [3.8, 4) is 11.3 Å². The number of benzene rings is 2. The van der Waals surface area contributed by atoms with Crippen molar-refractivity contribution in [3.05, 3.63) is 53.6 Å². The maximum Gasteiger partial charge on any atom is 0.240 e. The Kier molecular flexibility index (Phi) is 6.93. The van der Waals surface area contributed by atoms with Crippen molar-refractivity contribution in [1.82, 2.24) is 14.2 Å². The molecule has 1 aliphatic carbocycles. The van der Waals surface area contributed by atoms with Gasteiger partial charge >= 0.3 is 0 Å². The van der Waals surface area contributed by atoms with Crippen LogP contribution in [0.2, 0.25) is 5.02 Å². The molecule has 2 aliphatic rings. The number of sulfonamides is 1. The third-order valence-corrected chi connectivity index (χ3v) is 9.43. The van der Waals surface area contributed by atoms with Gasteiger partial charge in [-0.3, -0.25) is 4.79 Å². The predicted octanol–water partition coefficient (Wildman–Crippen LogP) is 5.35. The summed E-state index contributed by atoms with van der Waals surface area (Å²) >= 11 is 6.70. The van der Waals surface area contributed by atoms with E-state index in [0.29, 0.717) is 17.9 Å². The molecule has 0 unspecified atom stereocenters. The molecule has 0 bridgehead atoms. The van der Waals surface area contributed by atoms with Gasteiger partial charge in [-0.05, 0) is 68.7 Å². The van der Waals surface area contributed by atoms with Crippen molar-refractivity contribution in [3.63, 3.8) is 0 Å². The number of hydrogen-bond donors (Lipinski definition) is 1. The fraction of sp³-hybridized carbons (Fsp3) is 0.444. The minimum Gasteiger partial charge on any atom is -0.342 e. The Bertz CT molecular complexity index is 1320. The first-order valence-electron chi connectivity index (χ1n) is 12.5. The van der Waals surface area contributed by atoms with Gasteiger partial charge in [-0.1, -0.05) is 41.9 Å². The summed E-state index contributed by atoms with van der Waals surface area (Å²) in [5, 5.41) is 1.44. The number of likely N-dealkylation sites (tertiary alicyclic amines) is 1. The smallest absolute Gasteiger partial charge is 0.240 e. The number of aryl methyl sites for hydroxylation is 1. The molecule has 186 valence electrons. The zero-order chi connectivity index (χ0) is 24.6. The monoisotopic (exact) mass is 513 g/mol. The lowest BCUT2D eigenvalue weighted by Crippen LogP contribution is -2.43. The summed E-state index contributed by atoms with van der Waals surface area (Å²) in [6.07, 6.45) is 6.20. The molecule has 35 heavy (non-hydrogen) atoms. The second-order valence-electron chi connectivity index (χ2n) is 9.82. The Labute approximate surface area is 212 Å². The van der Waals surface area contributed by atoms with Gasteiger partial charge in [0, 0.05) is 37.5 Å². The van der Waals surface area contributed by atoms with Gasteiger partial charge in [-0.25, -0.2) is 13.1 Å². The van der Waals surface area contributed by atoms with E-state index >= 15 is 0 Å². The summed E-state index contributed by atoms with van der Waals surface area (Å²) < 4.78 is 31.3. The zero-order valence-electron chi connectivity index (χ0n) is 20.0. The molecule has 1 saturated carbocycles. The van der Waals surface area contributed by atoms with Crippen LogP contribution in [0.25, 0.3) is 22.2 Å². The van der Waals surface area contributed by atoms with E-state index in [-0.39, 0.29) is 22.8 Å². The van der Waals surface area contributed by atoms with Crippen LogP contribution in [0.1, 0.15) is 44.9 Å². The molecular weight excluding hydrogens is 482 g/mol. The number of rotatable bonds is 5. The first kappa shape index (κ1) is 24.3. The number of hydrogen-bond acceptors (Lipinski definition) is 3. The molecule has 1 saturated heterocycles. The van der Waals surface area contributed by atoms with Crippen molar-refractivity contribution in [2.45, 2.75) is 55.9 Å². The van der Waals surface area contributed by atoms with Crippen molar-refractivity contribution in [2.24, 2.45) is 13.0 Å². The van der Waals surface area contributed by atoms with Crippen LogP contribution in [0, 0.1) is 5.92 Å². The highest BCUT2D eigenvalue weighted by Gasteiger charge is 2.32. The summed E-state index contributed by atoms with van der Waals surface area (Å²) in [7, 11) is -1.79. The number of amides is 1. The molecular formula is C27H32ClN3O3S. The minimum absolute atomic E-state index is 0.0205. The molecule has 1 amide bonds. The van der Waals surface area contributed by atoms with Gasteiger partial charge in [-0.2, -0.15) is 0 Å². The topological polar surface area (TPSA) is 71.4 Å². The molecule has 1 aromatic heterocycles. The van der Waals surface area contributed by atoms with E-state index in [0.717, 1.165) is 60.9 Å². The van der Waals surface area contributed by atoms with Crippen molar-refractivity contribution in [1.29, 1.82) is 0 Å². The van der Waals surface area contributed by atoms with Gasteiger partial charge in [0.25, 0.3) is 0 Å². The number of fused-ring (bicyclic) bond motifs is 1. The van der Waals surface area contributed by atoms with Crippen molar-refractivity contribution >= 4 is 38.4 Å². The second-order valence-corrected chi connectivity index (χ2v) is 11.9. The average molecular weight is 514 g/mol. The highest BCUT2D eigenvalue weighted by Crippen LogP contribution is 2.38. The predicted molar refractivity (Wildman–Crippen MR) is 140 cm³/mol. The van der Waals surface area contributed by atoms with E-state index in [1.165, 1.54) is 6.42 Å². The van der Waals surface area contributed by atoms with Crippen molar-refractivity contribution < 1.29 is 13.2 Å². The van der Waals surface area contributed by atoms with Gasteiger partial charge in [0.1, 0.15) is 0 Å². The van der Waals surface area contributed by atoms with E-state index in [2.05, 4.69) is 4.72 Å². The van der Waals surface area contributed by atoms with Gasteiger partial charge < -0.3 is 9.47 Å². The summed E-state index contributed by atoms with van der Waals surface area (Å²) in [5.74, 6) is 0.276. The third kappa shape index (κ3) is 4.86. The Hall–Kier alpha value is -2.35. The van der Waals surface area contributed by atoms with E-state index in [1.807, 2.05) is 46.8 Å². The van der Waals surface area contributed by atoms with Crippen LogP contribution in [0.4, 0.5) is 0 Å². The quantitative estimate of drug-likeness (QED) is 0.500. The maximum atomic E-state index is 13.3. The number of carbonyl (C=O) groups is 1. The van der Waals surface area contributed by atoms with Crippen molar-refractivity contribution in [2.75, 3.05) is 13.1 Å². The fourth-order valence-electron chi connectivity index (χ4n) is 5.57. The summed E-state index contributed by atoms with van der Waals surface area (Å²) in [6.45, 7) is 1.73. The molecule has 2 heterocycles. The van der Waals surface area contributed by atoms with Gasteiger partial charge in [0.15, 0.2) is 0 Å². The van der Waals surface area contributed by atoms with Gasteiger partial charge in [-0.15, -0.1) is 0 Å². The molecule has 0 atom stereocenters. The largest absolute Gasteiger partial charge is 0.342 e. The first-order chi connectivity index (χ1) is 16.8. The molecule has 0 spiro atoms. The lowest BCUT2D eigenvalue weighted by atomic mass is 9.85. The number of carbonyl (C=O) groups excluding carboxylic acids is 1. The van der Waals surface area contributed by atoms with Gasteiger partial charge in [0.05, 0.1) is 21.1 Å². The minimum atomic E-state index is -3.70. The van der Waals surface area contributed by atoms with Crippen LogP contribution >= 0.6 is 11.6 Å². The number of halogens is 1. The Morgan fingerprint density at radius 1 is 0.971 bits per heavy atom. The lowest BCUT2D eigenvalue weighted by molar-refractivity contribution is -0.137. The summed E-state index contributed by atoms with van der Waals surface area (Å²) in [6, 6.07) is 14.8. The second kappa shape index (κ2) is 9.96. The van der Waals surface area contributed by atoms with Crippen LogP contribution in [-0.4, -0.2) is 42.9 Å². The van der Waals surface area contributed by atoms with Gasteiger partial charge in [0.2, 0.25) is 15.9 Å². The summed E-state index contributed by atoms with van der Waals surface area (Å²) in [4.78, 5) is 15.1. The van der Waals surface area contributed by atoms with E-state index in [9.17, 15) is 13.2 Å². The number of piperidine rings is 1. The first-order valence-corrected chi connectivity index (χ1v) is 14.4. The molecule has 3 aromatic rings. The van der Waals surface area contributed by atoms with Crippen LogP contribution < -0.4 is 4.72 Å². The van der Waals surface area contributed by atoms with Crippen LogP contribution in [0.3, 0.4) is 0 Å². The van der Waals surface area contributed by atoms with E-state index in [1.54, 1.807) is 18.2 Å². The number of nitrogens with one attached hydrogen (secondary N) is 1. The molecule has 6 nitrogen and oxygen atoms in total. The Morgan fingerprint density at radius 3 is 2.34 bits per heavy atom. The fourth-order valence-corrected chi connectivity index (χ4v) is 7.29. The Morgan fingerprint density at radius 2 is 1.66 bits per heavy atom. The molecule has 8 heteroatoms. The molecule has 1 aliphatic heterocycles. The summed E-state index contributed by atoms with van der Waals surface area (Å²) in [5.41, 5.74) is 2.61. The molecule has 1 N–H and O–H groups in total. The SMILES string of the molecule is Cn1c(-c2ccccc2)c(Cl)c2ccc(S(=O)(=O)NC3CCC(C(=O)N4CCCCC4)CC3)cc21. The highest BCUT2D eigenvalue weighted by atomic mass is 35.5. The van der Waals surface area contributed by atoms with Crippen LogP contribution in [0.15, 0.2) is 53.4 Å². The van der Waals surface area contributed by atoms with Crippen LogP contribution in [0.5, 0.6) is 0 Å². The maximum absolute atomic E-state index is 13.3. The molecule has 2 aromatic carbocycles. The lowest BCUT2D eigenvalue weighted by Gasteiger charge is -2.34. The van der Waals surface area contributed by atoms with E-state index in [4.69, 9.17) is 11.6 Å².